The van der Waals surface area contributed by atoms with E-state index in [9.17, 15) is 0 Å². The molecule has 0 bridgehead atoms. The van der Waals surface area contributed by atoms with Crippen molar-refractivity contribution in [3.05, 3.63) is 199 Å². The standard InChI is InChI=1S/C54H49N3/c1-53(2,3)40-23-28-45(29-24-40)55(42-16-10-7-11-17-42)47-27-22-38-35-50-49-33-32-48(37-52(49)57(44-20-14-9-15-21-44)51(50)36-39(38)34-47)56(43-18-12-8-13-19-43)46-30-25-41(26-31-46)54(4,5)6/h7-37H,1-6H3. The Bertz CT molecular complexity index is 2820. The van der Waals surface area contributed by atoms with Gasteiger partial charge in [-0.25, -0.2) is 0 Å². The first-order valence-electron chi connectivity index (χ1n) is 20.0. The lowest BCUT2D eigenvalue weighted by Crippen LogP contribution is -2.13. The molecule has 0 spiro atoms. The Hall–Kier alpha value is -6.58. The summed E-state index contributed by atoms with van der Waals surface area (Å²) in [5.41, 5.74) is 13.0. The van der Waals surface area contributed by atoms with Gasteiger partial charge in [-0.2, -0.15) is 0 Å². The number of hydrogen-bond acceptors (Lipinski definition) is 2. The van der Waals surface area contributed by atoms with E-state index in [1.807, 2.05) is 0 Å². The quantitative estimate of drug-likeness (QED) is 0.161. The molecule has 1 heterocycles. The molecule has 0 unspecified atom stereocenters. The second-order valence-corrected chi connectivity index (χ2v) is 17.2. The molecule has 9 aromatic rings. The van der Waals surface area contributed by atoms with Gasteiger partial charge in [-0.05, 0) is 130 Å². The van der Waals surface area contributed by atoms with Gasteiger partial charge in [0.05, 0.1) is 11.0 Å². The molecule has 3 nitrogen and oxygen atoms in total. The van der Waals surface area contributed by atoms with Crippen molar-refractivity contribution >= 4 is 66.7 Å². The Balaban J connectivity index is 1.23. The Morgan fingerprint density at radius 1 is 0.333 bits per heavy atom. The highest BCUT2D eigenvalue weighted by molar-refractivity contribution is 6.14. The summed E-state index contributed by atoms with van der Waals surface area (Å²) in [6, 6.07) is 68.8. The van der Waals surface area contributed by atoms with Crippen molar-refractivity contribution in [1.29, 1.82) is 0 Å². The Morgan fingerprint density at radius 2 is 0.754 bits per heavy atom. The van der Waals surface area contributed by atoms with Crippen LogP contribution in [0.15, 0.2) is 188 Å². The molecular weight excluding hydrogens is 691 g/mol. The summed E-state index contributed by atoms with van der Waals surface area (Å²) < 4.78 is 2.44. The van der Waals surface area contributed by atoms with Crippen LogP contribution in [-0.2, 0) is 10.8 Å². The van der Waals surface area contributed by atoms with E-state index in [4.69, 9.17) is 0 Å². The summed E-state index contributed by atoms with van der Waals surface area (Å²) in [5, 5.41) is 4.87. The first kappa shape index (κ1) is 36.1. The maximum atomic E-state index is 2.44. The lowest BCUT2D eigenvalue weighted by molar-refractivity contribution is 0.590. The average molecular weight is 740 g/mol. The second kappa shape index (κ2) is 14.2. The number of nitrogens with zero attached hydrogens (tertiary/aromatic N) is 3. The molecule has 0 fully saturated rings. The van der Waals surface area contributed by atoms with Crippen molar-refractivity contribution in [1.82, 2.24) is 4.57 Å². The first-order chi connectivity index (χ1) is 27.5. The molecule has 0 amide bonds. The summed E-state index contributed by atoms with van der Waals surface area (Å²) in [6.07, 6.45) is 0. The van der Waals surface area contributed by atoms with E-state index < -0.39 is 0 Å². The average Bonchev–Trinajstić information content (AvgIpc) is 3.53. The highest BCUT2D eigenvalue weighted by atomic mass is 15.1. The lowest BCUT2D eigenvalue weighted by Gasteiger charge is -2.27. The van der Waals surface area contributed by atoms with Crippen molar-refractivity contribution in [2.45, 2.75) is 52.4 Å². The maximum Gasteiger partial charge on any atom is 0.0561 e. The van der Waals surface area contributed by atoms with Gasteiger partial charge in [0.1, 0.15) is 0 Å². The number of aromatic nitrogens is 1. The van der Waals surface area contributed by atoms with Gasteiger partial charge in [0, 0.05) is 50.6 Å². The highest BCUT2D eigenvalue weighted by Crippen LogP contribution is 2.43. The van der Waals surface area contributed by atoms with Crippen LogP contribution in [0.3, 0.4) is 0 Å². The largest absolute Gasteiger partial charge is 0.310 e. The minimum absolute atomic E-state index is 0.0769. The van der Waals surface area contributed by atoms with Crippen LogP contribution in [0.1, 0.15) is 52.7 Å². The predicted octanol–water partition coefficient (Wildman–Crippen LogP) is 15.5. The molecule has 0 aliphatic carbocycles. The van der Waals surface area contributed by atoms with Crippen LogP contribution in [0.2, 0.25) is 0 Å². The third-order valence-electron chi connectivity index (χ3n) is 11.2. The van der Waals surface area contributed by atoms with Crippen LogP contribution in [0.25, 0.3) is 38.3 Å². The summed E-state index contributed by atoms with van der Waals surface area (Å²) in [7, 11) is 0. The topological polar surface area (TPSA) is 11.4 Å². The molecule has 3 heteroatoms. The molecule has 0 aliphatic rings. The highest BCUT2D eigenvalue weighted by Gasteiger charge is 2.21. The van der Waals surface area contributed by atoms with Gasteiger partial charge in [-0.15, -0.1) is 0 Å². The fraction of sp³-hybridized carbons (Fsp3) is 0.148. The van der Waals surface area contributed by atoms with Crippen molar-refractivity contribution in [2.75, 3.05) is 9.80 Å². The number of anilines is 6. The van der Waals surface area contributed by atoms with E-state index in [1.54, 1.807) is 0 Å². The predicted molar refractivity (Wildman–Crippen MR) is 245 cm³/mol. The molecule has 9 rings (SSSR count). The summed E-state index contributed by atoms with van der Waals surface area (Å²) in [5.74, 6) is 0. The van der Waals surface area contributed by atoms with Crippen LogP contribution >= 0.6 is 0 Å². The molecule has 0 radical (unpaired) electrons. The number of para-hydroxylation sites is 3. The van der Waals surface area contributed by atoms with Crippen molar-refractivity contribution in [3.63, 3.8) is 0 Å². The second-order valence-electron chi connectivity index (χ2n) is 17.2. The van der Waals surface area contributed by atoms with E-state index in [0.717, 1.165) is 39.8 Å². The molecular formula is C54H49N3. The van der Waals surface area contributed by atoms with Crippen LogP contribution in [0.4, 0.5) is 34.1 Å². The molecule has 8 aromatic carbocycles. The zero-order valence-corrected chi connectivity index (χ0v) is 33.7. The summed E-state index contributed by atoms with van der Waals surface area (Å²) >= 11 is 0. The third kappa shape index (κ3) is 6.84. The Morgan fingerprint density at radius 3 is 1.26 bits per heavy atom. The van der Waals surface area contributed by atoms with Crippen LogP contribution in [-0.4, -0.2) is 4.57 Å². The minimum atomic E-state index is 0.0769. The molecule has 1 aromatic heterocycles. The molecule has 280 valence electrons. The van der Waals surface area contributed by atoms with E-state index in [2.05, 4.69) is 244 Å². The van der Waals surface area contributed by atoms with Gasteiger partial charge < -0.3 is 14.4 Å². The smallest absolute Gasteiger partial charge is 0.0561 e. The van der Waals surface area contributed by atoms with Gasteiger partial charge >= 0.3 is 0 Å². The van der Waals surface area contributed by atoms with Gasteiger partial charge in [-0.3, -0.25) is 0 Å². The SMILES string of the molecule is CC(C)(C)c1ccc(N(c2ccccc2)c2ccc3cc4c5ccc(N(c6ccccc6)c6ccc(C(C)(C)C)cc6)cc5n(-c5ccccc5)c4cc3c2)cc1. The molecule has 0 aliphatic heterocycles. The van der Waals surface area contributed by atoms with Crippen molar-refractivity contribution in [3.8, 4) is 5.69 Å². The van der Waals surface area contributed by atoms with E-state index in [0.29, 0.717) is 0 Å². The first-order valence-corrected chi connectivity index (χ1v) is 20.0. The van der Waals surface area contributed by atoms with Gasteiger partial charge in [0.15, 0.2) is 0 Å². The summed E-state index contributed by atoms with van der Waals surface area (Å²) in [4.78, 5) is 4.73. The Labute approximate surface area is 337 Å². The minimum Gasteiger partial charge on any atom is -0.310 e. The maximum absolute atomic E-state index is 2.44. The summed E-state index contributed by atoms with van der Waals surface area (Å²) in [6.45, 7) is 13.6. The number of rotatable bonds is 7. The molecule has 0 atom stereocenters. The third-order valence-corrected chi connectivity index (χ3v) is 11.2. The molecule has 0 saturated heterocycles. The normalized spacial score (nSPS) is 12.0. The Kier molecular flexibility index (Phi) is 8.97. The number of benzene rings is 8. The van der Waals surface area contributed by atoms with Gasteiger partial charge in [0.25, 0.3) is 0 Å². The van der Waals surface area contributed by atoms with Gasteiger partial charge in [0.2, 0.25) is 0 Å². The lowest BCUT2D eigenvalue weighted by atomic mass is 9.87. The number of hydrogen-bond donors (Lipinski definition) is 0. The van der Waals surface area contributed by atoms with E-state index in [-0.39, 0.29) is 10.8 Å². The monoisotopic (exact) mass is 739 g/mol. The van der Waals surface area contributed by atoms with Gasteiger partial charge in [-0.1, -0.05) is 133 Å². The van der Waals surface area contributed by atoms with Crippen molar-refractivity contribution in [2.24, 2.45) is 0 Å². The van der Waals surface area contributed by atoms with Crippen LogP contribution < -0.4 is 9.80 Å². The fourth-order valence-electron chi connectivity index (χ4n) is 8.14. The van der Waals surface area contributed by atoms with Crippen molar-refractivity contribution < 1.29 is 0 Å². The zero-order chi connectivity index (χ0) is 39.3. The van der Waals surface area contributed by atoms with E-state index in [1.165, 1.54) is 43.7 Å². The van der Waals surface area contributed by atoms with Crippen LogP contribution in [0, 0.1) is 0 Å². The molecule has 0 N–H and O–H groups in total. The zero-order valence-electron chi connectivity index (χ0n) is 33.7. The molecule has 57 heavy (non-hydrogen) atoms. The van der Waals surface area contributed by atoms with Crippen LogP contribution in [0.5, 0.6) is 0 Å². The van der Waals surface area contributed by atoms with E-state index >= 15 is 0 Å². The fourth-order valence-corrected chi connectivity index (χ4v) is 8.14. The number of fused-ring (bicyclic) bond motifs is 4. The molecule has 0 saturated carbocycles.